The summed E-state index contributed by atoms with van der Waals surface area (Å²) in [6, 6.07) is 30.5. The van der Waals surface area contributed by atoms with Crippen LogP contribution in [0.1, 0.15) is 51.4 Å². The van der Waals surface area contributed by atoms with Gasteiger partial charge in [0.25, 0.3) is 0 Å². The normalized spacial score (nSPS) is 17.8. The Kier molecular flexibility index (Phi) is 11.1. The third kappa shape index (κ3) is 8.61. The van der Waals surface area contributed by atoms with Gasteiger partial charge in [0.05, 0.1) is 24.4 Å². The Morgan fingerprint density at radius 3 is 2.42 bits per heavy atom. The molecule has 4 aromatic carbocycles. The molecule has 3 atom stereocenters. The predicted octanol–water partition coefficient (Wildman–Crippen LogP) is 7.29. The molecule has 0 unspecified atom stereocenters. The Morgan fingerprint density at radius 1 is 0.911 bits per heavy atom. The smallest absolute Gasteiger partial charge is 0.407 e. The van der Waals surface area contributed by atoms with Gasteiger partial charge in [-0.3, -0.25) is 0 Å². The third-order valence-electron chi connectivity index (χ3n) is 7.35. The topological polar surface area (TPSA) is 114 Å². The van der Waals surface area contributed by atoms with Crippen LogP contribution in [0.25, 0.3) is 11.1 Å². The summed E-state index contributed by atoms with van der Waals surface area (Å²) in [5.74, 6) is -0.422. The average molecular weight is 626 g/mol. The predicted molar refractivity (Wildman–Crippen MR) is 173 cm³/mol. The molecule has 0 spiro atoms. The summed E-state index contributed by atoms with van der Waals surface area (Å²) in [4.78, 5) is 24.3. The van der Waals surface area contributed by atoms with E-state index in [9.17, 15) is 19.8 Å². The lowest BCUT2D eigenvalue weighted by Gasteiger charge is -2.36. The Hall–Kier alpha value is -4.41. The van der Waals surface area contributed by atoms with Gasteiger partial charge in [0.2, 0.25) is 0 Å². The number of nitrogens with one attached hydrogen (secondary N) is 1. The van der Waals surface area contributed by atoms with E-state index in [2.05, 4.69) is 11.9 Å². The highest BCUT2D eigenvalue weighted by Crippen LogP contribution is 2.40. The molecule has 1 saturated heterocycles. The number of rotatable bonds is 12. The van der Waals surface area contributed by atoms with Gasteiger partial charge in [-0.15, -0.1) is 11.8 Å². The van der Waals surface area contributed by atoms with Crippen molar-refractivity contribution in [3.63, 3.8) is 0 Å². The molecule has 5 rings (SSSR count). The zero-order chi connectivity index (χ0) is 31.6. The molecule has 8 nitrogen and oxygen atoms in total. The zero-order valence-corrected chi connectivity index (χ0v) is 25.5. The fourth-order valence-corrected chi connectivity index (χ4v) is 6.13. The van der Waals surface area contributed by atoms with Gasteiger partial charge in [-0.25, -0.2) is 9.59 Å². The van der Waals surface area contributed by atoms with Crippen LogP contribution in [0.5, 0.6) is 0 Å². The van der Waals surface area contributed by atoms with Crippen LogP contribution < -0.4 is 5.32 Å². The van der Waals surface area contributed by atoms with Gasteiger partial charge in [0.1, 0.15) is 6.61 Å². The molecule has 1 aliphatic heterocycles. The van der Waals surface area contributed by atoms with E-state index in [0.717, 1.165) is 33.4 Å². The number of aliphatic hydroxyl groups is 1. The summed E-state index contributed by atoms with van der Waals surface area (Å²) in [5, 5.41) is 21.9. The Balaban J connectivity index is 1.36. The van der Waals surface area contributed by atoms with Crippen molar-refractivity contribution in [3.05, 3.63) is 138 Å². The fourth-order valence-electron chi connectivity index (χ4n) is 5.06. The van der Waals surface area contributed by atoms with Crippen LogP contribution >= 0.6 is 11.8 Å². The number of aliphatic hydroxyl groups excluding tert-OH is 1. The number of carboxylic acid groups (broad SMARTS) is 1. The van der Waals surface area contributed by atoms with E-state index < -0.39 is 18.4 Å². The second-order valence-corrected chi connectivity index (χ2v) is 11.6. The number of carbonyl (C=O) groups excluding carboxylic acids is 1. The number of aromatic carboxylic acids is 1. The van der Waals surface area contributed by atoms with Crippen molar-refractivity contribution < 1.29 is 34.0 Å². The van der Waals surface area contributed by atoms with Crippen molar-refractivity contribution >= 4 is 23.8 Å². The molecule has 9 heteroatoms. The summed E-state index contributed by atoms with van der Waals surface area (Å²) in [6.07, 6.45) is 0.440. The Morgan fingerprint density at radius 2 is 1.67 bits per heavy atom. The molecule has 0 radical (unpaired) electrons. The highest BCUT2D eigenvalue weighted by molar-refractivity contribution is 7.99. The van der Waals surface area contributed by atoms with Crippen LogP contribution in [0.3, 0.4) is 0 Å². The van der Waals surface area contributed by atoms with Gasteiger partial charge in [-0.05, 0) is 52.1 Å². The molecule has 0 aliphatic carbocycles. The van der Waals surface area contributed by atoms with Crippen molar-refractivity contribution in [2.24, 2.45) is 0 Å². The Labute approximate surface area is 266 Å². The van der Waals surface area contributed by atoms with Crippen molar-refractivity contribution in [1.29, 1.82) is 0 Å². The largest absolute Gasteiger partial charge is 0.478 e. The van der Waals surface area contributed by atoms with Crippen LogP contribution in [0, 0.1) is 0 Å². The SMILES string of the molecule is C=CCOC(=O)NCc1cccc(-c2cccc([C@@H]3O[C@H](CSc4ccccc4C(=O)O)C[C@H](c4ccc(CO)cc4)O3)c2)c1. The lowest BCUT2D eigenvalue weighted by molar-refractivity contribution is -0.245. The molecule has 45 heavy (non-hydrogen) atoms. The van der Waals surface area contributed by atoms with Crippen LogP contribution in [-0.2, 0) is 27.4 Å². The first-order chi connectivity index (χ1) is 21.9. The molecule has 1 amide bonds. The van der Waals surface area contributed by atoms with Crippen molar-refractivity contribution in [3.8, 4) is 11.1 Å². The van der Waals surface area contributed by atoms with E-state index in [0.29, 0.717) is 23.6 Å². The van der Waals surface area contributed by atoms with Crippen LogP contribution in [-0.4, -0.2) is 40.7 Å². The van der Waals surface area contributed by atoms with E-state index in [1.165, 1.54) is 17.8 Å². The average Bonchev–Trinajstić information content (AvgIpc) is 3.09. The van der Waals surface area contributed by atoms with Crippen LogP contribution in [0.2, 0.25) is 0 Å². The monoisotopic (exact) mass is 625 g/mol. The molecule has 0 aromatic heterocycles. The van der Waals surface area contributed by atoms with Gasteiger partial charge in [-0.2, -0.15) is 0 Å². The van der Waals surface area contributed by atoms with Crippen LogP contribution in [0.15, 0.2) is 115 Å². The van der Waals surface area contributed by atoms with E-state index in [1.54, 1.807) is 12.1 Å². The van der Waals surface area contributed by atoms with Crippen LogP contribution in [0.4, 0.5) is 4.79 Å². The van der Waals surface area contributed by atoms with E-state index in [1.807, 2.05) is 84.9 Å². The summed E-state index contributed by atoms with van der Waals surface area (Å²) < 4.78 is 18.0. The second kappa shape index (κ2) is 15.5. The lowest BCUT2D eigenvalue weighted by atomic mass is 9.99. The van der Waals surface area contributed by atoms with E-state index in [-0.39, 0.29) is 31.0 Å². The number of amides is 1. The first-order valence-electron chi connectivity index (χ1n) is 14.6. The number of benzene rings is 4. The van der Waals surface area contributed by atoms with Gasteiger partial charge >= 0.3 is 12.1 Å². The summed E-state index contributed by atoms with van der Waals surface area (Å²) in [6.45, 7) is 3.97. The third-order valence-corrected chi connectivity index (χ3v) is 8.55. The molecular weight excluding hydrogens is 590 g/mol. The van der Waals surface area contributed by atoms with Crippen molar-refractivity contribution in [2.45, 2.75) is 43.0 Å². The summed E-state index contributed by atoms with van der Waals surface area (Å²) >= 11 is 1.46. The second-order valence-electron chi connectivity index (χ2n) is 10.5. The van der Waals surface area contributed by atoms with Crippen molar-refractivity contribution in [1.82, 2.24) is 5.32 Å². The minimum Gasteiger partial charge on any atom is -0.478 e. The summed E-state index contributed by atoms with van der Waals surface area (Å²) in [5.41, 5.74) is 5.76. The maximum absolute atomic E-state index is 11.9. The molecule has 0 saturated carbocycles. The number of hydrogen-bond donors (Lipinski definition) is 3. The quantitative estimate of drug-likeness (QED) is 0.111. The highest BCUT2D eigenvalue weighted by atomic mass is 32.2. The number of hydrogen-bond acceptors (Lipinski definition) is 7. The van der Waals surface area contributed by atoms with E-state index >= 15 is 0 Å². The number of carbonyl (C=O) groups is 2. The number of thioether (sulfide) groups is 1. The zero-order valence-electron chi connectivity index (χ0n) is 24.6. The van der Waals surface area contributed by atoms with E-state index in [4.69, 9.17) is 14.2 Å². The maximum atomic E-state index is 11.9. The molecule has 0 bridgehead atoms. The van der Waals surface area contributed by atoms with Crippen molar-refractivity contribution in [2.75, 3.05) is 12.4 Å². The highest BCUT2D eigenvalue weighted by Gasteiger charge is 2.32. The number of ether oxygens (including phenoxy) is 3. The first-order valence-corrected chi connectivity index (χ1v) is 15.6. The fraction of sp³-hybridized carbons (Fsp3) is 0.222. The Bertz CT molecular complexity index is 1620. The molecule has 3 N–H and O–H groups in total. The molecule has 4 aromatic rings. The molecule has 232 valence electrons. The van der Waals surface area contributed by atoms with Gasteiger partial charge in [0.15, 0.2) is 6.29 Å². The molecule has 1 aliphatic rings. The minimum atomic E-state index is -0.963. The first kappa shape index (κ1) is 32.0. The number of carboxylic acids is 1. The molecular formula is C36H35NO7S. The van der Waals surface area contributed by atoms with Gasteiger partial charge < -0.3 is 29.7 Å². The molecule has 1 fully saturated rings. The van der Waals surface area contributed by atoms with Gasteiger partial charge in [0, 0.05) is 29.2 Å². The number of alkyl carbamates (subject to hydrolysis) is 1. The summed E-state index contributed by atoms with van der Waals surface area (Å²) in [7, 11) is 0. The minimum absolute atomic E-state index is 0.0384. The maximum Gasteiger partial charge on any atom is 0.407 e. The molecule has 1 heterocycles. The lowest BCUT2D eigenvalue weighted by Crippen LogP contribution is -2.31. The van der Waals surface area contributed by atoms with Gasteiger partial charge in [-0.1, -0.05) is 85.5 Å². The standard InChI is InChI=1S/C36H35NO7S/c1-2-17-42-36(41)37-21-25-7-5-8-27(18-25)28-9-6-10-29(19-28)35-43-30(23-45-33-12-4-3-11-31(33)34(39)40)20-32(44-35)26-15-13-24(22-38)14-16-26/h2-16,18-19,30,32,35,38H,1,17,20-23H2,(H,37,41)(H,39,40)/t30-,32+,35+/m0/s1.